The van der Waals surface area contributed by atoms with Gasteiger partial charge in [0.05, 0.1) is 6.54 Å². The molecule has 30 heavy (non-hydrogen) atoms. The molecule has 1 unspecified atom stereocenters. The number of carbonyl (C=O) groups excluding carboxylic acids is 1. The summed E-state index contributed by atoms with van der Waals surface area (Å²) in [5.41, 5.74) is 2.92. The third kappa shape index (κ3) is 4.10. The van der Waals surface area contributed by atoms with Crippen LogP contribution in [-0.4, -0.2) is 39.5 Å². The zero-order valence-corrected chi connectivity index (χ0v) is 20.4. The fourth-order valence-corrected chi connectivity index (χ4v) is 5.24. The maximum Gasteiger partial charge on any atom is 0.316 e. The van der Waals surface area contributed by atoms with Gasteiger partial charge in [0.1, 0.15) is 5.69 Å². The van der Waals surface area contributed by atoms with E-state index in [4.69, 9.17) is 0 Å². The maximum absolute atomic E-state index is 11.8. The van der Waals surface area contributed by atoms with E-state index >= 15 is 0 Å². The van der Waals surface area contributed by atoms with Gasteiger partial charge < -0.3 is 22.1 Å². The summed E-state index contributed by atoms with van der Waals surface area (Å²) >= 11 is 1.79. The smallest absolute Gasteiger partial charge is 0.316 e. The summed E-state index contributed by atoms with van der Waals surface area (Å²) in [6, 6.07) is 16.1. The Morgan fingerprint density at radius 3 is 2.30 bits per heavy atom. The Morgan fingerprint density at radius 1 is 1.10 bits per heavy atom. The number of benzene rings is 2. The normalized spacial score (nSPS) is 21.3. The molecule has 0 bridgehead atoms. The molecule has 1 N–H and O–H groups in total. The minimum Gasteiger partial charge on any atom is -1.00 e. The first-order valence-corrected chi connectivity index (χ1v) is 11.2. The summed E-state index contributed by atoms with van der Waals surface area (Å²) in [4.78, 5) is 13.8. The molecule has 4 rings (SSSR count). The highest BCUT2D eigenvalue weighted by molar-refractivity contribution is 8.13. The Kier molecular flexibility index (Phi) is 6.51. The minimum absolute atomic E-state index is 0. The fourth-order valence-electron chi connectivity index (χ4n) is 4.06. The van der Waals surface area contributed by atoms with E-state index < -0.39 is 5.72 Å². The summed E-state index contributed by atoms with van der Waals surface area (Å²) < 4.78 is 2.14. The van der Waals surface area contributed by atoms with Gasteiger partial charge in [-0.3, -0.25) is 4.79 Å². The highest BCUT2D eigenvalue weighted by Gasteiger charge is 2.53. The molecule has 0 aromatic heterocycles. The molecule has 1 atom stereocenters. The Labute approximate surface area is 193 Å². The average Bonchev–Trinajstić information content (AvgIpc) is 3.02. The van der Waals surface area contributed by atoms with Gasteiger partial charge in [0.15, 0.2) is 12.3 Å². The van der Waals surface area contributed by atoms with Crippen molar-refractivity contribution in [3.63, 3.8) is 0 Å². The number of halogens is 1. The topological polar surface area (TPSA) is 43.6 Å². The number of carbonyl (C=O) groups is 1. The second-order valence-corrected chi connectivity index (χ2v) is 10.0. The molecule has 0 fully saturated rings. The maximum atomic E-state index is 11.8. The van der Waals surface area contributed by atoms with Gasteiger partial charge in [0, 0.05) is 16.9 Å². The van der Waals surface area contributed by atoms with Crippen molar-refractivity contribution < 1.29 is 31.5 Å². The summed E-state index contributed by atoms with van der Waals surface area (Å²) in [6.07, 6.45) is 1.05. The van der Waals surface area contributed by atoms with Crippen LogP contribution in [0, 0.1) is 0 Å². The molecule has 0 saturated carbocycles. The summed E-state index contributed by atoms with van der Waals surface area (Å²) in [6.45, 7) is 9.49. The molecule has 2 aliphatic rings. The lowest BCUT2D eigenvalue weighted by atomic mass is 9.86. The van der Waals surface area contributed by atoms with Crippen molar-refractivity contribution in [2.24, 2.45) is 0 Å². The van der Waals surface area contributed by atoms with E-state index in [-0.39, 0.29) is 28.2 Å². The number of amidine groups is 1. The van der Waals surface area contributed by atoms with Gasteiger partial charge in [-0.15, -0.1) is 0 Å². The number of rotatable bonds is 3. The van der Waals surface area contributed by atoms with Crippen LogP contribution in [0.2, 0.25) is 0 Å². The summed E-state index contributed by atoms with van der Waals surface area (Å²) in [7, 11) is 0. The average molecular weight is 489 g/mol. The van der Waals surface area contributed by atoms with Crippen LogP contribution >= 0.6 is 11.8 Å². The van der Waals surface area contributed by atoms with Gasteiger partial charge in [0.2, 0.25) is 0 Å². The lowest BCUT2D eigenvalue weighted by Crippen LogP contribution is -3.00. The number of thioether (sulfide) groups is 1. The Morgan fingerprint density at radius 2 is 1.73 bits per heavy atom. The molecular weight excluding hydrogens is 460 g/mol. The second kappa shape index (κ2) is 8.48. The summed E-state index contributed by atoms with van der Waals surface area (Å²) in [5.74, 6) is 1.11. The van der Waals surface area contributed by atoms with Crippen molar-refractivity contribution in [2.45, 2.75) is 45.3 Å². The number of hydrogen-bond acceptors (Lipinski definition) is 4. The van der Waals surface area contributed by atoms with Crippen LogP contribution in [0.25, 0.3) is 0 Å². The zero-order chi connectivity index (χ0) is 20.8. The van der Waals surface area contributed by atoms with Crippen LogP contribution in [0.5, 0.6) is 0 Å². The Hall–Kier alpha value is -1.63. The van der Waals surface area contributed by atoms with Gasteiger partial charge in [-0.1, -0.05) is 45.0 Å². The van der Waals surface area contributed by atoms with Crippen LogP contribution in [0.15, 0.2) is 48.5 Å². The minimum atomic E-state index is -1.06. The number of aliphatic hydroxyl groups is 1. The highest BCUT2D eigenvalue weighted by Crippen LogP contribution is 2.38. The van der Waals surface area contributed by atoms with Crippen molar-refractivity contribution in [3.8, 4) is 0 Å². The summed E-state index contributed by atoms with van der Waals surface area (Å²) in [5, 5.41) is 12.9. The quantitative estimate of drug-likeness (QED) is 0.523. The van der Waals surface area contributed by atoms with Crippen LogP contribution in [0.4, 0.5) is 5.69 Å². The fraction of sp³-hybridized carbons (Fsp3) is 0.417. The van der Waals surface area contributed by atoms with E-state index in [1.807, 2.05) is 24.3 Å². The molecule has 6 heteroatoms. The van der Waals surface area contributed by atoms with Gasteiger partial charge in [-0.25, -0.2) is 9.48 Å². The number of nitrogens with zero attached hydrogens (tertiary/aromatic N) is 2. The van der Waals surface area contributed by atoms with Crippen molar-refractivity contribution >= 4 is 28.4 Å². The largest absolute Gasteiger partial charge is 1.00 e. The van der Waals surface area contributed by atoms with Gasteiger partial charge in [0.25, 0.3) is 5.72 Å². The van der Waals surface area contributed by atoms with Crippen LogP contribution in [-0.2, 0) is 11.1 Å². The van der Waals surface area contributed by atoms with E-state index in [2.05, 4.69) is 54.5 Å². The third-order valence-electron chi connectivity index (χ3n) is 5.84. The van der Waals surface area contributed by atoms with E-state index in [1.54, 1.807) is 18.7 Å². The number of ketones is 1. The first-order valence-electron chi connectivity index (χ1n) is 10.2. The number of Topliss-reactive ketones (excluding diaryl/α,β-unsaturated/α-hetero) is 1. The Balaban J connectivity index is 0.00000256. The van der Waals surface area contributed by atoms with Crippen molar-refractivity contribution in [3.05, 3.63) is 65.2 Å². The molecule has 0 aliphatic carbocycles. The number of anilines is 1. The number of β-amino-alcohol motifs (C(OH)–C–C–N with tert-alkyl or cyclic N) is 1. The van der Waals surface area contributed by atoms with Crippen LogP contribution in [0.3, 0.4) is 0 Å². The van der Waals surface area contributed by atoms with E-state index in [1.165, 1.54) is 5.56 Å². The predicted octanol–water partition coefficient (Wildman–Crippen LogP) is 1.36. The standard InChI is InChI=1S/C24H29N2O2S.BrH/c1-17(27)18-6-12-21(13-7-18)25-16-24(28,26-14-5-15-29-22(25)26)20-10-8-19(9-11-20)23(2,3)4;/h6-13,28H,5,14-16H2,1-4H3;1H/q+1;/p-1. The lowest BCUT2D eigenvalue weighted by molar-refractivity contribution is -0.656. The molecule has 2 aromatic carbocycles. The molecule has 0 radical (unpaired) electrons. The monoisotopic (exact) mass is 488 g/mol. The zero-order valence-electron chi connectivity index (χ0n) is 18.0. The third-order valence-corrected chi connectivity index (χ3v) is 7.03. The van der Waals surface area contributed by atoms with Crippen molar-refractivity contribution in [2.75, 3.05) is 23.7 Å². The second-order valence-electron chi connectivity index (χ2n) is 8.97. The molecule has 2 aliphatic heterocycles. The van der Waals surface area contributed by atoms with Gasteiger partial charge in [-0.05, 0) is 60.4 Å². The molecule has 0 amide bonds. The number of hydrogen-bond donors (Lipinski definition) is 1. The van der Waals surface area contributed by atoms with Gasteiger partial charge >= 0.3 is 5.17 Å². The van der Waals surface area contributed by atoms with Crippen molar-refractivity contribution in [1.82, 2.24) is 0 Å². The van der Waals surface area contributed by atoms with Crippen LogP contribution in [0.1, 0.15) is 55.6 Å². The van der Waals surface area contributed by atoms with E-state index in [9.17, 15) is 9.90 Å². The first-order chi connectivity index (χ1) is 13.7. The van der Waals surface area contributed by atoms with Crippen LogP contribution < -0.4 is 21.9 Å². The highest BCUT2D eigenvalue weighted by atomic mass is 79.9. The van der Waals surface area contributed by atoms with E-state index in [0.29, 0.717) is 12.1 Å². The SMILES string of the molecule is CC(=O)c1ccc(N2CC(O)(c3ccc(C(C)(C)C)cc3)[N+]3=C2SCCC3)cc1.[Br-]. The first kappa shape index (κ1) is 23.0. The Bertz CT molecular complexity index is 964. The lowest BCUT2D eigenvalue weighted by Gasteiger charge is -2.26. The molecule has 2 aromatic rings. The molecular formula is C24H29BrN2O2S. The van der Waals surface area contributed by atoms with Gasteiger partial charge in [-0.2, -0.15) is 0 Å². The molecule has 4 nitrogen and oxygen atoms in total. The molecule has 0 saturated heterocycles. The van der Waals surface area contributed by atoms with E-state index in [0.717, 1.165) is 35.1 Å². The molecule has 0 spiro atoms. The predicted molar refractivity (Wildman–Crippen MR) is 120 cm³/mol. The van der Waals surface area contributed by atoms with Crippen molar-refractivity contribution in [1.29, 1.82) is 0 Å². The molecule has 2 heterocycles. The molecule has 160 valence electrons.